The van der Waals surface area contributed by atoms with Crippen LogP contribution in [0.1, 0.15) is 45.8 Å². The number of fused-ring (bicyclic) bond motifs is 1. The second-order valence-electron chi connectivity index (χ2n) is 5.30. The van der Waals surface area contributed by atoms with Gasteiger partial charge in [-0.1, -0.05) is 0 Å². The molecule has 1 unspecified atom stereocenters. The van der Waals surface area contributed by atoms with E-state index in [1.807, 2.05) is 4.90 Å². The number of carbonyl (C=O) groups excluding carboxylic acids is 1. The minimum Gasteiger partial charge on any atom is -0.334 e. The van der Waals surface area contributed by atoms with Crippen molar-refractivity contribution < 1.29 is 4.79 Å². The first-order valence-corrected chi connectivity index (χ1v) is 7.74. The maximum Gasteiger partial charge on any atom is 0.264 e. The fraction of sp³-hybridized carbons (Fsp3) is 0.643. The number of halogens is 1. The second kappa shape index (κ2) is 6.25. The Bertz CT molecular complexity index is 439. The van der Waals surface area contributed by atoms with Gasteiger partial charge >= 0.3 is 0 Å². The van der Waals surface area contributed by atoms with E-state index < -0.39 is 0 Å². The zero-order chi connectivity index (χ0) is 12.5. The van der Waals surface area contributed by atoms with Crippen LogP contribution in [0.2, 0.25) is 0 Å². The van der Waals surface area contributed by atoms with Crippen molar-refractivity contribution >= 4 is 29.7 Å². The molecule has 5 heteroatoms. The fourth-order valence-corrected chi connectivity index (χ4v) is 4.30. The lowest BCUT2D eigenvalue weighted by Crippen LogP contribution is -2.47. The smallest absolute Gasteiger partial charge is 0.264 e. The van der Waals surface area contributed by atoms with Gasteiger partial charge in [-0.3, -0.25) is 4.79 Å². The molecule has 0 aromatic carbocycles. The van der Waals surface area contributed by atoms with E-state index in [0.717, 1.165) is 37.1 Å². The van der Waals surface area contributed by atoms with Gasteiger partial charge in [0.15, 0.2) is 0 Å². The molecular formula is C14H21ClN2OS. The molecule has 1 aliphatic heterocycles. The highest BCUT2D eigenvalue weighted by atomic mass is 35.5. The molecule has 0 bridgehead atoms. The van der Waals surface area contributed by atoms with Crippen LogP contribution in [-0.2, 0) is 12.8 Å². The van der Waals surface area contributed by atoms with Gasteiger partial charge in [0.25, 0.3) is 5.91 Å². The van der Waals surface area contributed by atoms with Crippen LogP contribution in [-0.4, -0.2) is 29.9 Å². The summed E-state index contributed by atoms with van der Waals surface area (Å²) in [5, 5.41) is 0. The van der Waals surface area contributed by atoms with Crippen molar-refractivity contribution in [2.45, 2.75) is 44.6 Å². The van der Waals surface area contributed by atoms with Gasteiger partial charge in [-0.05, 0) is 50.2 Å². The number of aryl methyl sites for hydroxylation is 2. The summed E-state index contributed by atoms with van der Waals surface area (Å²) in [6.45, 7) is 1.47. The average molecular weight is 301 g/mol. The third kappa shape index (κ3) is 2.81. The zero-order valence-corrected chi connectivity index (χ0v) is 12.7. The van der Waals surface area contributed by atoms with Gasteiger partial charge in [-0.15, -0.1) is 23.7 Å². The predicted molar refractivity (Wildman–Crippen MR) is 81.3 cm³/mol. The highest BCUT2D eigenvalue weighted by Crippen LogP contribution is 2.32. The number of hydrogen-bond donors (Lipinski definition) is 1. The lowest BCUT2D eigenvalue weighted by molar-refractivity contribution is 0.0628. The molecular weight excluding hydrogens is 280 g/mol. The summed E-state index contributed by atoms with van der Waals surface area (Å²) in [4.78, 5) is 16.9. The standard InChI is InChI=1S/C14H20N2OS.ClH/c15-9-11-5-1-2-7-16(11)14(17)13-8-10-4-3-6-12(10)18-13;/h8,11H,1-7,9,15H2;1H. The van der Waals surface area contributed by atoms with Crippen LogP contribution in [0, 0.1) is 0 Å². The Hall–Kier alpha value is -0.580. The van der Waals surface area contributed by atoms with Crippen molar-refractivity contribution in [1.29, 1.82) is 0 Å². The van der Waals surface area contributed by atoms with Crippen molar-refractivity contribution in [2.24, 2.45) is 5.73 Å². The quantitative estimate of drug-likeness (QED) is 0.912. The van der Waals surface area contributed by atoms with Gasteiger partial charge in [0.2, 0.25) is 0 Å². The van der Waals surface area contributed by atoms with Crippen LogP contribution in [0.4, 0.5) is 0 Å². The number of likely N-dealkylation sites (tertiary alicyclic amines) is 1. The van der Waals surface area contributed by atoms with Crippen molar-refractivity contribution in [2.75, 3.05) is 13.1 Å². The molecule has 1 aromatic rings. The number of nitrogens with zero attached hydrogens (tertiary/aromatic N) is 1. The Morgan fingerprint density at radius 1 is 1.37 bits per heavy atom. The van der Waals surface area contributed by atoms with Gasteiger partial charge in [0.05, 0.1) is 4.88 Å². The molecule has 1 amide bonds. The number of thiophene rings is 1. The number of hydrogen-bond acceptors (Lipinski definition) is 3. The van der Waals surface area contributed by atoms with E-state index in [1.54, 1.807) is 11.3 Å². The molecule has 0 radical (unpaired) electrons. The van der Waals surface area contributed by atoms with Crippen LogP contribution in [0.15, 0.2) is 6.07 Å². The first-order valence-electron chi connectivity index (χ1n) is 6.92. The number of nitrogens with two attached hydrogens (primary N) is 1. The molecule has 2 aliphatic rings. The van der Waals surface area contributed by atoms with Crippen LogP contribution in [0.3, 0.4) is 0 Å². The normalized spacial score (nSPS) is 21.9. The summed E-state index contributed by atoms with van der Waals surface area (Å²) in [6.07, 6.45) is 6.95. The maximum absolute atomic E-state index is 12.6. The van der Waals surface area contributed by atoms with E-state index in [1.165, 1.54) is 23.3 Å². The van der Waals surface area contributed by atoms with Gasteiger partial charge in [0, 0.05) is 24.0 Å². The molecule has 106 valence electrons. The van der Waals surface area contributed by atoms with Crippen LogP contribution < -0.4 is 5.73 Å². The number of piperidine rings is 1. The lowest BCUT2D eigenvalue weighted by atomic mass is 10.0. The van der Waals surface area contributed by atoms with Gasteiger partial charge < -0.3 is 10.6 Å². The maximum atomic E-state index is 12.6. The summed E-state index contributed by atoms with van der Waals surface area (Å²) in [6, 6.07) is 2.38. The van der Waals surface area contributed by atoms with Crippen molar-refractivity contribution in [3.8, 4) is 0 Å². The largest absolute Gasteiger partial charge is 0.334 e. The third-order valence-corrected chi connectivity index (χ3v) is 5.34. The Balaban J connectivity index is 0.00000133. The first kappa shape index (κ1) is 14.8. The molecule has 3 nitrogen and oxygen atoms in total. The van der Waals surface area contributed by atoms with E-state index in [-0.39, 0.29) is 24.4 Å². The number of carbonyl (C=O) groups is 1. The number of rotatable bonds is 2. The summed E-state index contributed by atoms with van der Waals surface area (Å²) in [5.74, 6) is 0.213. The summed E-state index contributed by atoms with van der Waals surface area (Å²) >= 11 is 1.70. The Morgan fingerprint density at radius 2 is 2.21 bits per heavy atom. The predicted octanol–water partition coefficient (Wildman–Crippen LogP) is 2.61. The summed E-state index contributed by atoms with van der Waals surface area (Å²) in [5.41, 5.74) is 7.20. The molecule has 1 atom stereocenters. The average Bonchev–Trinajstić information content (AvgIpc) is 2.98. The van der Waals surface area contributed by atoms with Crippen molar-refractivity contribution in [3.05, 3.63) is 21.4 Å². The van der Waals surface area contributed by atoms with Crippen LogP contribution >= 0.6 is 23.7 Å². The Morgan fingerprint density at radius 3 is 2.95 bits per heavy atom. The van der Waals surface area contributed by atoms with E-state index in [9.17, 15) is 4.79 Å². The van der Waals surface area contributed by atoms with E-state index in [2.05, 4.69) is 6.07 Å². The lowest BCUT2D eigenvalue weighted by Gasteiger charge is -2.34. The molecule has 0 saturated carbocycles. The molecule has 2 N–H and O–H groups in total. The molecule has 3 rings (SSSR count). The van der Waals surface area contributed by atoms with Crippen LogP contribution in [0.5, 0.6) is 0 Å². The van der Waals surface area contributed by atoms with E-state index in [4.69, 9.17) is 5.73 Å². The van der Waals surface area contributed by atoms with Gasteiger partial charge in [0.1, 0.15) is 0 Å². The van der Waals surface area contributed by atoms with E-state index >= 15 is 0 Å². The fourth-order valence-electron chi connectivity index (χ4n) is 3.09. The first-order chi connectivity index (χ1) is 8.79. The van der Waals surface area contributed by atoms with Gasteiger partial charge in [-0.25, -0.2) is 0 Å². The van der Waals surface area contributed by atoms with Gasteiger partial charge in [-0.2, -0.15) is 0 Å². The molecule has 1 fully saturated rings. The minimum atomic E-state index is 0. The highest BCUT2D eigenvalue weighted by Gasteiger charge is 2.28. The van der Waals surface area contributed by atoms with Crippen LogP contribution in [0.25, 0.3) is 0 Å². The zero-order valence-electron chi connectivity index (χ0n) is 11.1. The monoisotopic (exact) mass is 300 g/mol. The Labute approximate surface area is 124 Å². The molecule has 0 spiro atoms. The topological polar surface area (TPSA) is 46.3 Å². The summed E-state index contributed by atoms with van der Waals surface area (Å²) < 4.78 is 0. The van der Waals surface area contributed by atoms with Crippen molar-refractivity contribution in [1.82, 2.24) is 4.90 Å². The van der Waals surface area contributed by atoms with E-state index in [0.29, 0.717) is 6.54 Å². The SMILES string of the molecule is Cl.NCC1CCCCN1C(=O)c1cc2c(s1)CCC2. The minimum absolute atomic E-state index is 0. The molecule has 1 aliphatic carbocycles. The summed E-state index contributed by atoms with van der Waals surface area (Å²) in [7, 11) is 0. The molecule has 19 heavy (non-hydrogen) atoms. The highest BCUT2D eigenvalue weighted by molar-refractivity contribution is 7.14. The third-order valence-electron chi connectivity index (χ3n) is 4.12. The Kier molecular flexibility index (Phi) is 4.87. The molecule has 1 saturated heterocycles. The van der Waals surface area contributed by atoms with Crippen molar-refractivity contribution in [3.63, 3.8) is 0 Å². The molecule has 2 heterocycles. The second-order valence-corrected chi connectivity index (χ2v) is 6.43. The molecule has 1 aromatic heterocycles. The number of amides is 1.